The van der Waals surface area contributed by atoms with E-state index in [2.05, 4.69) is 0 Å². The van der Waals surface area contributed by atoms with Crippen LogP contribution in [0.4, 0.5) is 0 Å². The predicted molar refractivity (Wildman–Crippen MR) is 97.3 cm³/mol. The molecule has 0 spiro atoms. The Labute approximate surface area is 143 Å². The van der Waals surface area contributed by atoms with Crippen LogP contribution in [0.2, 0.25) is 0 Å². The Morgan fingerprint density at radius 2 is 1.12 bits per heavy atom. The predicted octanol–water partition coefficient (Wildman–Crippen LogP) is 4.55. The van der Waals surface area contributed by atoms with Crippen molar-refractivity contribution in [3.63, 3.8) is 0 Å². The van der Waals surface area contributed by atoms with E-state index in [0.717, 1.165) is 22.3 Å². The maximum absolute atomic E-state index is 12.8. The smallest absolute Gasteiger partial charge is 0.261 e. The first-order valence-corrected chi connectivity index (χ1v) is 7.74. The van der Waals surface area contributed by atoms with Gasteiger partial charge in [-0.25, -0.2) is 0 Å². The molecular formula is C21H22O3. The van der Waals surface area contributed by atoms with Crippen LogP contribution < -0.4 is 0 Å². The van der Waals surface area contributed by atoms with Crippen LogP contribution in [0.15, 0.2) is 60.0 Å². The van der Waals surface area contributed by atoms with Gasteiger partial charge < -0.3 is 9.47 Å². The molecule has 0 aliphatic heterocycles. The van der Waals surface area contributed by atoms with Crippen molar-refractivity contribution in [2.75, 3.05) is 14.2 Å². The molecule has 2 aromatic rings. The van der Waals surface area contributed by atoms with E-state index in [1.807, 2.05) is 62.4 Å². The molecule has 0 unspecified atom stereocenters. The van der Waals surface area contributed by atoms with Crippen molar-refractivity contribution in [2.45, 2.75) is 13.8 Å². The van der Waals surface area contributed by atoms with E-state index in [1.165, 1.54) is 14.2 Å². The van der Waals surface area contributed by atoms with Crippen molar-refractivity contribution in [1.82, 2.24) is 0 Å². The average molecular weight is 322 g/mol. The number of benzene rings is 2. The molecule has 0 atom stereocenters. The highest BCUT2D eigenvalue weighted by molar-refractivity contribution is 6.10. The van der Waals surface area contributed by atoms with E-state index < -0.39 is 0 Å². The number of carbonyl (C=O) groups is 1. The molecule has 0 N–H and O–H groups in total. The molecule has 3 nitrogen and oxygen atoms in total. The van der Waals surface area contributed by atoms with Gasteiger partial charge in [-0.2, -0.15) is 0 Å². The van der Waals surface area contributed by atoms with Crippen molar-refractivity contribution < 1.29 is 14.3 Å². The molecule has 3 heteroatoms. The maximum Gasteiger partial charge on any atom is 0.261 e. The summed E-state index contributed by atoms with van der Waals surface area (Å²) in [7, 11) is 2.98. The molecule has 124 valence electrons. The largest absolute Gasteiger partial charge is 0.492 e. The lowest BCUT2D eigenvalue weighted by Gasteiger charge is -2.10. The van der Waals surface area contributed by atoms with Crippen LogP contribution in [0, 0.1) is 13.8 Å². The Kier molecular flexibility index (Phi) is 5.96. The fourth-order valence-corrected chi connectivity index (χ4v) is 2.34. The standard InChI is InChI=1S/C21H22O3/c1-15-9-5-7-11-17(15)13-19(23-3)21(22)20(24-4)14-18-12-8-6-10-16(18)2/h5-14H,1-4H3. The zero-order valence-electron chi connectivity index (χ0n) is 14.5. The molecule has 2 rings (SSSR count). The average Bonchev–Trinajstić information content (AvgIpc) is 2.60. The van der Waals surface area contributed by atoms with Gasteiger partial charge in [0, 0.05) is 0 Å². The van der Waals surface area contributed by atoms with E-state index in [1.54, 1.807) is 12.2 Å². The Balaban J connectivity index is 2.39. The third kappa shape index (κ3) is 4.13. The third-order valence-electron chi connectivity index (χ3n) is 3.84. The Bertz CT molecular complexity index is 720. The van der Waals surface area contributed by atoms with Gasteiger partial charge in [0.25, 0.3) is 5.78 Å². The molecule has 0 heterocycles. The molecule has 0 amide bonds. The van der Waals surface area contributed by atoms with Gasteiger partial charge in [-0.3, -0.25) is 4.79 Å². The SMILES string of the molecule is COC(=Cc1ccccc1C)C(=O)C(=Cc1ccccc1C)OC. The van der Waals surface area contributed by atoms with Crippen LogP contribution in [0.1, 0.15) is 22.3 Å². The first-order chi connectivity index (χ1) is 11.6. The van der Waals surface area contributed by atoms with Crippen LogP contribution in [0.3, 0.4) is 0 Å². The lowest BCUT2D eigenvalue weighted by atomic mass is 10.1. The van der Waals surface area contributed by atoms with Crippen molar-refractivity contribution >= 4 is 17.9 Å². The number of methoxy groups -OCH3 is 2. The van der Waals surface area contributed by atoms with Gasteiger partial charge in [-0.05, 0) is 48.3 Å². The summed E-state index contributed by atoms with van der Waals surface area (Å²) >= 11 is 0. The molecule has 0 aliphatic carbocycles. The summed E-state index contributed by atoms with van der Waals surface area (Å²) in [6.07, 6.45) is 3.48. The summed E-state index contributed by atoms with van der Waals surface area (Å²) in [5.74, 6) is 0.198. The molecule has 24 heavy (non-hydrogen) atoms. The van der Waals surface area contributed by atoms with Gasteiger partial charge in [0.1, 0.15) is 0 Å². The number of carbonyl (C=O) groups excluding carboxylic acids is 1. The number of hydrogen-bond donors (Lipinski definition) is 0. The topological polar surface area (TPSA) is 35.5 Å². The van der Waals surface area contributed by atoms with E-state index >= 15 is 0 Å². The molecule has 0 aromatic heterocycles. The zero-order valence-corrected chi connectivity index (χ0v) is 14.5. The highest BCUT2D eigenvalue weighted by Gasteiger charge is 2.17. The van der Waals surface area contributed by atoms with Crippen LogP contribution in [-0.4, -0.2) is 20.0 Å². The normalized spacial score (nSPS) is 12.0. The number of ketones is 1. The van der Waals surface area contributed by atoms with E-state index in [-0.39, 0.29) is 17.3 Å². The Morgan fingerprint density at radius 1 is 0.750 bits per heavy atom. The first-order valence-electron chi connectivity index (χ1n) is 7.74. The van der Waals surface area contributed by atoms with Crippen LogP contribution in [-0.2, 0) is 14.3 Å². The zero-order chi connectivity index (χ0) is 17.5. The molecule has 0 saturated carbocycles. The van der Waals surface area contributed by atoms with Crippen molar-refractivity contribution in [2.24, 2.45) is 0 Å². The van der Waals surface area contributed by atoms with E-state index in [0.29, 0.717) is 0 Å². The summed E-state index contributed by atoms with van der Waals surface area (Å²) in [6.45, 7) is 3.98. The minimum Gasteiger partial charge on any atom is -0.492 e. The molecule has 0 radical (unpaired) electrons. The quantitative estimate of drug-likeness (QED) is 0.578. The second-order valence-corrected chi connectivity index (χ2v) is 5.47. The minimum absolute atomic E-state index is 0.242. The lowest BCUT2D eigenvalue weighted by molar-refractivity contribution is -0.117. The molecule has 0 bridgehead atoms. The van der Waals surface area contributed by atoms with Gasteiger partial charge in [0.15, 0.2) is 11.5 Å². The van der Waals surface area contributed by atoms with E-state index in [4.69, 9.17) is 9.47 Å². The minimum atomic E-state index is -0.286. The highest BCUT2D eigenvalue weighted by Crippen LogP contribution is 2.19. The second-order valence-electron chi connectivity index (χ2n) is 5.47. The third-order valence-corrected chi connectivity index (χ3v) is 3.84. The lowest BCUT2D eigenvalue weighted by Crippen LogP contribution is -2.10. The van der Waals surface area contributed by atoms with Crippen LogP contribution in [0.5, 0.6) is 0 Å². The van der Waals surface area contributed by atoms with E-state index in [9.17, 15) is 4.79 Å². The van der Waals surface area contributed by atoms with Crippen molar-refractivity contribution in [3.8, 4) is 0 Å². The summed E-state index contributed by atoms with van der Waals surface area (Å²) in [5.41, 5.74) is 4.02. The van der Waals surface area contributed by atoms with Gasteiger partial charge >= 0.3 is 0 Å². The van der Waals surface area contributed by atoms with Gasteiger partial charge in [0.2, 0.25) is 0 Å². The number of aryl methyl sites for hydroxylation is 2. The fraction of sp³-hybridized carbons (Fsp3) is 0.190. The Hall–Kier alpha value is -2.81. The number of hydrogen-bond acceptors (Lipinski definition) is 3. The second kappa shape index (κ2) is 8.16. The van der Waals surface area contributed by atoms with Crippen molar-refractivity contribution in [3.05, 3.63) is 82.3 Å². The van der Waals surface area contributed by atoms with Gasteiger partial charge in [-0.15, -0.1) is 0 Å². The van der Waals surface area contributed by atoms with Crippen LogP contribution in [0.25, 0.3) is 12.2 Å². The molecule has 2 aromatic carbocycles. The van der Waals surface area contributed by atoms with Crippen molar-refractivity contribution in [1.29, 1.82) is 0 Å². The van der Waals surface area contributed by atoms with Crippen LogP contribution >= 0.6 is 0 Å². The first kappa shape index (κ1) is 17.5. The number of rotatable bonds is 6. The molecule has 0 aliphatic rings. The van der Waals surface area contributed by atoms with Gasteiger partial charge in [-0.1, -0.05) is 48.5 Å². The fourth-order valence-electron chi connectivity index (χ4n) is 2.34. The summed E-state index contributed by atoms with van der Waals surface area (Å²) < 4.78 is 10.6. The Morgan fingerprint density at radius 3 is 1.46 bits per heavy atom. The summed E-state index contributed by atoms with van der Waals surface area (Å²) in [6, 6.07) is 15.6. The van der Waals surface area contributed by atoms with Gasteiger partial charge in [0.05, 0.1) is 14.2 Å². The molecule has 0 fully saturated rings. The monoisotopic (exact) mass is 322 g/mol. The number of Topliss-reactive ketones (excluding diaryl/α,β-unsaturated/α-hetero) is 1. The summed E-state index contributed by atoms with van der Waals surface area (Å²) in [5, 5.41) is 0. The molecular weight excluding hydrogens is 300 g/mol. The highest BCUT2D eigenvalue weighted by atomic mass is 16.5. The summed E-state index contributed by atoms with van der Waals surface area (Å²) in [4.78, 5) is 12.8. The maximum atomic E-state index is 12.8. The molecule has 0 saturated heterocycles. The number of ether oxygens (including phenoxy) is 2.